The first-order valence-corrected chi connectivity index (χ1v) is 11.7. The lowest BCUT2D eigenvalue weighted by Crippen LogP contribution is -2.46. The lowest BCUT2D eigenvalue weighted by molar-refractivity contribution is -0.140. The summed E-state index contributed by atoms with van der Waals surface area (Å²) in [5.74, 6) is -0.201. The molecule has 0 bridgehead atoms. The zero-order valence-corrected chi connectivity index (χ0v) is 20.4. The standard InChI is InChI=1S/C26H29N3O4S/c1-16-22(25(31)33-13-12-32-3)23(28-26(34)29(16)2)18-10-7-11-19(14-18)27-24(30)21-15-20(21)17-8-5-4-6-9-17/h4-11,14,20-21,23H,12-13,15H2,1-3H3,(H,27,30)(H,28,34). The number of carbonyl (C=O) groups is 2. The number of hydrogen-bond donors (Lipinski definition) is 2. The van der Waals surface area contributed by atoms with Crippen LogP contribution in [0.5, 0.6) is 0 Å². The summed E-state index contributed by atoms with van der Waals surface area (Å²) < 4.78 is 10.4. The molecule has 4 rings (SSSR count). The largest absolute Gasteiger partial charge is 0.460 e. The molecule has 0 aromatic heterocycles. The van der Waals surface area contributed by atoms with Crippen LogP contribution in [0.4, 0.5) is 5.69 Å². The third-order valence-electron chi connectivity index (χ3n) is 6.34. The maximum Gasteiger partial charge on any atom is 0.338 e. The Bertz CT molecular complexity index is 1120. The van der Waals surface area contributed by atoms with E-state index < -0.39 is 12.0 Å². The second-order valence-corrected chi connectivity index (χ2v) is 8.93. The van der Waals surface area contributed by atoms with Gasteiger partial charge in [0.1, 0.15) is 6.61 Å². The van der Waals surface area contributed by atoms with Gasteiger partial charge in [0.2, 0.25) is 5.91 Å². The number of hydrogen-bond acceptors (Lipinski definition) is 5. The molecule has 1 aliphatic carbocycles. The average Bonchev–Trinajstić information content (AvgIpc) is 3.64. The molecule has 2 aromatic carbocycles. The van der Waals surface area contributed by atoms with Crippen molar-refractivity contribution in [2.45, 2.75) is 25.3 Å². The molecule has 34 heavy (non-hydrogen) atoms. The van der Waals surface area contributed by atoms with Gasteiger partial charge in [-0.1, -0.05) is 42.5 Å². The predicted octanol–water partition coefficient (Wildman–Crippen LogP) is 3.75. The molecule has 3 unspecified atom stereocenters. The number of carbonyl (C=O) groups excluding carboxylic acids is 2. The maximum absolute atomic E-state index is 12.9. The van der Waals surface area contributed by atoms with Crippen LogP contribution in [-0.2, 0) is 19.1 Å². The zero-order chi connectivity index (χ0) is 24.2. The van der Waals surface area contributed by atoms with Gasteiger partial charge in [-0.2, -0.15) is 0 Å². The number of amides is 1. The van der Waals surface area contributed by atoms with E-state index in [4.69, 9.17) is 21.7 Å². The number of benzene rings is 2. The van der Waals surface area contributed by atoms with Gasteiger partial charge in [-0.05, 0) is 54.7 Å². The third kappa shape index (κ3) is 5.13. The third-order valence-corrected chi connectivity index (χ3v) is 6.73. The van der Waals surface area contributed by atoms with Gasteiger partial charge in [0.25, 0.3) is 0 Å². The average molecular weight is 480 g/mol. The number of allylic oxidation sites excluding steroid dienone is 1. The number of rotatable bonds is 8. The summed E-state index contributed by atoms with van der Waals surface area (Å²) >= 11 is 5.47. The highest BCUT2D eigenvalue weighted by Crippen LogP contribution is 2.48. The topological polar surface area (TPSA) is 79.9 Å². The normalized spacial score (nSPS) is 21.7. The lowest BCUT2D eigenvalue weighted by atomic mass is 9.95. The van der Waals surface area contributed by atoms with Crippen LogP contribution in [0, 0.1) is 5.92 Å². The minimum Gasteiger partial charge on any atom is -0.460 e. The van der Waals surface area contributed by atoms with Crippen molar-refractivity contribution in [3.05, 3.63) is 77.0 Å². The Morgan fingerprint density at radius 1 is 1.12 bits per heavy atom. The molecule has 7 nitrogen and oxygen atoms in total. The van der Waals surface area contributed by atoms with E-state index in [-0.39, 0.29) is 24.3 Å². The highest BCUT2D eigenvalue weighted by Gasteiger charge is 2.44. The molecule has 8 heteroatoms. The van der Waals surface area contributed by atoms with Gasteiger partial charge in [-0.25, -0.2) is 4.79 Å². The number of nitrogens with one attached hydrogen (secondary N) is 2. The molecular formula is C26H29N3O4S. The van der Waals surface area contributed by atoms with Gasteiger partial charge in [-0.3, -0.25) is 4.79 Å². The van der Waals surface area contributed by atoms with Crippen molar-refractivity contribution in [2.24, 2.45) is 5.92 Å². The SMILES string of the molecule is COCCOC(=O)C1=C(C)N(C)C(=S)NC1c1cccc(NC(=O)C2CC2c2ccccc2)c1. The minimum absolute atomic E-state index is 0.00350. The summed E-state index contributed by atoms with van der Waals surface area (Å²) in [6.45, 7) is 2.32. The fourth-order valence-corrected chi connectivity index (χ4v) is 4.48. The minimum atomic E-state index is -0.492. The van der Waals surface area contributed by atoms with Crippen LogP contribution in [0.2, 0.25) is 0 Å². The molecule has 0 radical (unpaired) electrons. The van der Waals surface area contributed by atoms with Gasteiger partial charge >= 0.3 is 5.97 Å². The molecule has 178 valence electrons. The molecule has 1 saturated carbocycles. The van der Waals surface area contributed by atoms with Crippen molar-refractivity contribution in [3.63, 3.8) is 0 Å². The molecule has 1 fully saturated rings. The van der Waals surface area contributed by atoms with Crippen LogP contribution >= 0.6 is 12.2 Å². The summed E-state index contributed by atoms with van der Waals surface area (Å²) in [7, 11) is 3.36. The number of methoxy groups -OCH3 is 1. The molecule has 1 amide bonds. The smallest absolute Gasteiger partial charge is 0.338 e. The highest BCUT2D eigenvalue weighted by atomic mass is 32.1. The fraction of sp³-hybridized carbons (Fsp3) is 0.346. The van der Waals surface area contributed by atoms with Crippen LogP contribution in [0.25, 0.3) is 0 Å². The molecule has 2 aliphatic rings. The quantitative estimate of drug-likeness (QED) is 0.339. The highest BCUT2D eigenvalue weighted by molar-refractivity contribution is 7.80. The van der Waals surface area contributed by atoms with Crippen molar-refractivity contribution in [1.82, 2.24) is 10.2 Å². The first-order valence-electron chi connectivity index (χ1n) is 11.3. The zero-order valence-electron chi connectivity index (χ0n) is 19.5. The van der Waals surface area contributed by atoms with Crippen molar-refractivity contribution in [2.75, 3.05) is 32.7 Å². The lowest BCUT2D eigenvalue weighted by Gasteiger charge is -2.35. The summed E-state index contributed by atoms with van der Waals surface area (Å²) in [5, 5.41) is 6.78. The first kappa shape index (κ1) is 23.9. The molecule has 2 aromatic rings. The Morgan fingerprint density at radius 3 is 2.59 bits per heavy atom. The van der Waals surface area contributed by atoms with Gasteiger partial charge in [0.05, 0.1) is 18.2 Å². The van der Waals surface area contributed by atoms with Crippen molar-refractivity contribution >= 4 is 34.9 Å². The molecule has 1 aliphatic heterocycles. The van der Waals surface area contributed by atoms with Gasteiger partial charge in [0, 0.05) is 31.5 Å². The Morgan fingerprint density at radius 2 is 1.85 bits per heavy atom. The van der Waals surface area contributed by atoms with E-state index >= 15 is 0 Å². The number of ether oxygens (including phenoxy) is 2. The van der Waals surface area contributed by atoms with E-state index in [9.17, 15) is 9.59 Å². The van der Waals surface area contributed by atoms with E-state index in [2.05, 4.69) is 22.8 Å². The van der Waals surface area contributed by atoms with Gasteiger partial charge in [-0.15, -0.1) is 0 Å². The van der Waals surface area contributed by atoms with Gasteiger partial charge in [0.15, 0.2) is 5.11 Å². The Labute approximate surface area is 205 Å². The van der Waals surface area contributed by atoms with Crippen LogP contribution < -0.4 is 10.6 Å². The summed E-state index contributed by atoms with van der Waals surface area (Å²) in [6.07, 6.45) is 0.847. The number of esters is 1. The van der Waals surface area contributed by atoms with Crippen LogP contribution in [-0.4, -0.2) is 49.3 Å². The number of anilines is 1. The summed E-state index contributed by atoms with van der Waals surface area (Å²) in [4.78, 5) is 27.5. The molecule has 3 atom stereocenters. The van der Waals surface area contributed by atoms with E-state index in [1.807, 2.05) is 49.4 Å². The molecule has 0 spiro atoms. The second-order valence-electron chi connectivity index (χ2n) is 8.54. The van der Waals surface area contributed by atoms with Crippen molar-refractivity contribution in [3.8, 4) is 0 Å². The van der Waals surface area contributed by atoms with Crippen LogP contribution in [0.15, 0.2) is 65.9 Å². The van der Waals surface area contributed by atoms with E-state index in [0.29, 0.717) is 28.7 Å². The van der Waals surface area contributed by atoms with Crippen molar-refractivity contribution in [1.29, 1.82) is 0 Å². The van der Waals surface area contributed by atoms with Crippen molar-refractivity contribution < 1.29 is 19.1 Å². The molecular weight excluding hydrogens is 450 g/mol. The van der Waals surface area contributed by atoms with E-state index in [1.54, 1.807) is 19.1 Å². The number of thiocarbonyl (C=S) groups is 1. The van der Waals surface area contributed by atoms with Crippen LogP contribution in [0.1, 0.15) is 36.4 Å². The first-order chi connectivity index (χ1) is 16.4. The van der Waals surface area contributed by atoms with E-state index in [1.165, 1.54) is 5.56 Å². The molecule has 1 heterocycles. The second kappa shape index (κ2) is 10.4. The fourth-order valence-electron chi connectivity index (χ4n) is 4.23. The Balaban J connectivity index is 1.51. The maximum atomic E-state index is 12.9. The molecule has 2 N–H and O–H groups in total. The summed E-state index contributed by atoms with van der Waals surface area (Å²) in [6, 6.07) is 17.1. The van der Waals surface area contributed by atoms with Gasteiger partial charge < -0.3 is 25.0 Å². The Hall–Kier alpha value is -3.23. The number of nitrogens with zero attached hydrogens (tertiary/aromatic N) is 1. The monoisotopic (exact) mass is 479 g/mol. The summed E-state index contributed by atoms with van der Waals surface area (Å²) in [5.41, 5.74) is 3.87. The predicted molar refractivity (Wildman–Crippen MR) is 134 cm³/mol. The Kier molecular flexibility index (Phi) is 7.29. The van der Waals surface area contributed by atoms with E-state index in [0.717, 1.165) is 12.0 Å². The molecule has 0 saturated heterocycles. The van der Waals surface area contributed by atoms with Crippen LogP contribution in [0.3, 0.4) is 0 Å².